The number of carbonyl (C=O) groups is 3. The number of anilines is 1. The van der Waals surface area contributed by atoms with Crippen LogP contribution in [0.4, 0.5) is 5.69 Å². The lowest BCUT2D eigenvalue weighted by molar-refractivity contribution is -0.122. The van der Waals surface area contributed by atoms with Crippen LogP contribution in [0, 0.1) is 6.92 Å². The van der Waals surface area contributed by atoms with Crippen molar-refractivity contribution >= 4 is 29.4 Å². The van der Waals surface area contributed by atoms with Crippen molar-refractivity contribution in [1.82, 2.24) is 10.2 Å². The number of amides is 2. The Balaban J connectivity index is 1.39. The third kappa shape index (κ3) is 3.87. The van der Waals surface area contributed by atoms with Crippen molar-refractivity contribution in [2.45, 2.75) is 32.2 Å². The number of imide groups is 1. The van der Waals surface area contributed by atoms with Crippen molar-refractivity contribution < 1.29 is 19.1 Å². The molecule has 2 heterocycles. The van der Waals surface area contributed by atoms with Crippen molar-refractivity contribution in [3.8, 4) is 5.75 Å². The Kier molecular flexibility index (Phi) is 5.69. The largest absolute Gasteiger partial charge is 0.497 e. The van der Waals surface area contributed by atoms with E-state index in [2.05, 4.69) is 5.32 Å². The van der Waals surface area contributed by atoms with E-state index in [1.807, 2.05) is 54.3 Å². The van der Waals surface area contributed by atoms with Crippen LogP contribution in [0.1, 0.15) is 30.4 Å². The summed E-state index contributed by atoms with van der Waals surface area (Å²) in [5.41, 5.74) is 4.03. The first-order valence-electron chi connectivity index (χ1n) is 11.5. The minimum absolute atomic E-state index is 0.00242. The zero-order valence-electron chi connectivity index (χ0n) is 19.3. The van der Waals surface area contributed by atoms with Crippen LogP contribution in [0.25, 0.3) is 6.08 Å². The SMILES string of the molecule is COc1ccc(/C=C2\CC/C(=C3\NCCN3C3CC(=O)N(c4ccc(C)cc4)C3=O)C2=O)cc1. The van der Waals surface area contributed by atoms with Gasteiger partial charge in [-0.3, -0.25) is 14.4 Å². The molecule has 0 spiro atoms. The second kappa shape index (κ2) is 8.82. The monoisotopic (exact) mass is 457 g/mol. The maximum atomic E-state index is 13.3. The fourth-order valence-electron chi connectivity index (χ4n) is 4.87. The minimum Gasteiger partial charge on any atom is -0.497 e. The van der Waals surface area contributed by atoms with Crippen molar-refractivity contribution in [1.29, 1.82) is 0 Å². The molecule has 0 aromatic heterocycles. The van der Waals surface area contributed by atoms with E-state index >= 15 is 0 Å². The number of benzene rings is 2. The number of Topliss-reactive ketones (excluding diaryl/α,β-unsaturated/α-hetero) is 1. The summed E-state index contributed by atoms with van der Waals surface area (Å²) in [6, 6.07) is 14.4. The predicted molar refractivity (Wildman–Crippen MR) is 129 cm³/mol. The molecule has 2 aromatic carbocycles. The van der Waals surface area contributed by atoms with E-state index in [4.69, 9.17) is 4.74 Å². The summed E-state index contributed by atoms with van der Waals surface area (Å²) >= 11 is 0. The van der Waals surface area contributed by atoms with Crippen LogP contribution in [0.3, 0.4) is 0 Å². The van der Waals surface area contributed by atoms with Gasteiger partial charge in [-0.25, -0.2) is 4.90 Å². The molecular weight excluding hydrogens is 430 g/mol. The number of nitrogens with zero attached hydrogens (tertiary/aromatic N) is 2. The molecule has 1 N–H and O–H groups in total. The molecule has 2 aromatic rings. The summed E-state index contributed by atoms with van der Waals surface area (Å²) < 4.78 is 5.20. The lowest BCUT2D eigenvalue weighted by atomic mass is 10.1. The van der Waals surface area contributed by atoms with Gasteiger partial charge in [0.1, 0.15) is 17.6 Å². The van der Waals surface area contributed by atoms with Crippen LogP contribution in [0.15, 0.2) is 65.5 Å². The van der Waals surface area contributed by atoms with Crippen molar-refractivity contribution in [2.24, 2.45) is 0 Å². The highest BCUT2D eigenvalue weighted by atomic mass is 16.5. The molecule has 5 rings (SSSR count). The van der Waals surface area contributed by atoms with E-state index in [9.17, 15) is 14.4 Å². The van der Waals surface area contributed by atoms with Gasteiger partial charge in [0.25, 0.3) is 5.91 Å². The summed E-state index contributed by atoms with van der Waals surface area (Å²) in [6.07, 6.45) is 3.27. The van der Waals surface area contributed by atoms with E-state index in [1.54, 1.807) is 19.2 Å². The third-order valence-electron chi connectivity index (χ3n) is 6.68. The molecule has 2 amide bonds. The summed E-state index contributed by atoms with van der Waals surface area (Å²) in [7, 11) is 1.62. The molecule has 174 valence electrons. The minimum atomic E-state index is -0.603. The maximum absolute atomic E-state index is 13.3. The summed E-state index contributed by atoms with van der Waals surface area (Å²) in [5.74, 6) is 1.00. The van der Waals surface area contributed by atoms with Gasteiger partial charge in [-0.05, 0) is 55.7 Å². The van der Waals surface area contributed by atoms with Gasteiger partial charge in [-0.15, -0.1) is 0 Å². The Hall–Kier alpha value is -3.87. The number of hydrogen-bond donors (Lipinski definition) is 1. The number of hydrogen-bond acceptors (Lipinski definition) is 6. The Bertz CT molecular complexity index is 1210. The summed E-state index contributed by atoms with van der Waals surface area (Å²) in [4.78, 5) is 42.5. The lowest BCUT2D eigenvalue weighted by Crippen LogP contribution is -2.41. The van der Waals surface area contributed by atoms with Gasteiger partial charge in [0.15, 0.2) is 5.78 Å². The highest BCUT2D eigenvalue weighted by molar-refractivity contribution is 6.22. The van der Waals surface area contributed by atoms with E-state index in [1.165, 1.54) is 4.90 Å². The van der Waals surface area contributed by atoms with Gasteiger partial charge < -0.3 is 15.0 Å². The number of ketones is 1. The number of methoxy groups -OCH3 is 1. The molecule has 1 aliphatic carbocycles. The molecule has 1 atom stereocenters. The fourth-order valence-corrected chi connectivity index (χ4v) is 4.87. The van der Waals surface area contributed by atoms with Crippen LogP contribution in [0.5, 0.6) is 5.75 Å². The first-order valence-corrected chi connectivity index (χ1v) is 11.5. The topological polar surface area (TPSA) is 79.0 Å². The summed E-state index contributed by atoms with van der Waals surface area (Å²) in [6.45, 7) is 3.17. The first-order chi connectivity index (χ1) is 16.5. The zero-order valence-corrected chi connectivity index (χ0v) is 19.3. The van der Waals surface area contributed by atoms with Crippen LogP contribution in [-0.2, 0) is 14.4 Å². The molecular formula is C27H27N3O4. The lowest BCUT2D eigenvalue weighted by Gasteiger charge is -2.26. The third-order valence-corrected chi connectivity index (χ3v) is 6.68. The quantitative estimate of drug-likeness (QED) is 0.561. The van der Waals surface area contributed by atoms with Crippen molar-refractivity contribution in [3.63, 3.8) is 0 Å². The predicted octanol–water partition coefficient (Wildman–Crippen LogP) is 3.20. The Morgan fingerprint density at radius 1 is 1.00 bits per heavy atom. The van der Waals surface area contributed by atoms with E-state index in [-0.39, 0.29) is 24.0 Å². The standard InChI is InChI=1S/C27H27N3O4/c1-17-3-8-20(9-4-17)30-24(31)16-23(27(30)33)29-14-13-28-26(29)22-12-7-19(25(22)32)15-18-5-10-21(34-2)11-6-18/h3-6,8-11,15,23,28H,7,12-14,16H2,1-2H3/b19-15+,26-22-. The molecule has 0 radical (unpaired) electrons. The number of carbonyl (C=O) groups excluding carboxylic acids is 3. The molecule has 7 heteroatoms. The second-order valence-corrected chi connectivity index (χ2v) is 8.84. The molecule has 2 aliphatic heterocycles. The average molecular weight is 458 g/mol. The number of allylic oxidation sites excluding steroid dienone is 2. The normalized spacial score (nSPS) is 23.9. The second-order valence-electron chi connectivity index (χ2n) is 8.84. The summed E-state index contributed by atoms with van der Waals surface area (Å²) in [5, 5.41) is 3.31. The van der Waals surface area contributed by atoms with Crippen molar-refractivity contribution in [2.75, 3.05) is 25.1 Å². The molecule has 7 nitrogen and oxygen atoms in total. The van der Waals surface area contributed by atoms with Gasteiger partial charge in [0.2, 0.25) is 5.91 Å². The molecule has 3 aliphatic rings. The highest BCUT2D eigenvalue weighted by Gasteiger charge is 2.45. The van der Waals surface area contributed by atoms with Gasteiger partial charge >= 0.3 is 0 Å². The number of aryl methyl sites for hydroxylation is 1. The molecule has 2 saturated heterocycles. The number of ether oxygens (including phenoxy) is 1. The molecule has 3 fully saturated rings. The van der Waals surface area contributed by atoms with Gasteiger partial charge in [0, 0.05) is 24.2 Å². The molecule has 0 bridgehead atoms. The highest BCUT2D eigenvalue weighted by Crippen LogP contribution is 2.34. The van der Waals surface area contributed by atoms with E-state index < -0.39 is 6.04 Å². The van der Waals surface area contributed by atoms with Crippen LogP contribution >= 0.6 is 0 Å². The smallest absolute Gasteiger partial charge is 0.257 e. The van der Waals surface area contributed by atoms with E-state index in [0.717, 1.165) is 22.4 Å². The zero-order chi connectivity index (χ0) is 23.8. The maximum Gasteiger partial charge on any atom is 0.257 e. The molecule has 34 heavy (non-hydrogen) atoms. The molecule has 1 unspecified atom stereocenters. The Labute approximate surface area is 198 Å². The average Bonchev–Trinajstić information content (AvgIpc) is 3.53. The van der Waals surface area contributed by atoms with Crippen LogP contribution in [0.2, 0.25) is 0 Å². The van der Waals surface area contributed by atoms with Crippen molar-refractivity contribution in [3.05, 3.63) is 76.6 Å². The number of nitrogens with one attached hydrogen (secondary N) is 1. The van der Waals surface area contributed by atoms with Gasteiger partial charge in [0.05, 0.1) is 19.2 Å². The van der Waals surface area contributed by atoms with Gasteiger partial charge in [-0.2, -0.15) is 0 Å². The fraction of sp³-hybridized carbons (Fsp3) is 0.296. The van der Waals surface area contributed by atoms with Crippen LogP contribution in [-0.4, -0.2) is 48.7 Å². The number of rotatable bonds is 4. The van der Waals surface area contributed by atoms with Gasteiger partial charge in [-0.1, -0.05) is 29.8 Å². The van der Waals surface area contributed by atoms with E-state index in [0.29, 0.717) is 43.0 Å². The van der Waals surface area contributed by atoms with Crippen LogP contribution < -0.4 is 15.0 Å². The first kappa shape index (κ1) is 21.9. The molecule has 1 saturated carbocycles. The Morgan fingerprint density at radius 2 is 1.74 bits per heavy atom. The Morgan fingerprint density at radius 3 is 2.44 bits per heavy atom.